The number of para-hydroxylation sites is 1. The van der Waals surface area contributed by atoms with Crippen molar-refractivity contribution in [3.63, 3.8) is 0 Å². The summed E-state index contributed by atoms with van der Waals surface area (Å²) in [5, 5.41) is 0.872. The fourth-order valence-electron chi connectivity index (χ4n) is 4.88. The van der Waals surface area contributed by atoms with E-state index in [0.29, 0.717) is 17.7 Å². The third-order valence-electron chi connectivity index (χ3n) is 6.79. The predicted octanol–water partition coefficient (Wildman–Crippen LogP) is 3.85. The molecule has 1 amide bonds. The van der Waals surface area contributed by atoms with Crippen LogP contribution in [-0.2, 0) is 10.2 Å². The van der Waals surface area contributed by atoms with Crippen LogP contribution in [0.15, 0.2) is 46.9 Å². The van der Waals surface area contributed by atoms with Crippen molar-refractivity contribution in [2.75, 3.05) is 39.3 Å². The zero-order valence-electron chi connectivity index (χ0n) is 18.8. The lowest BCUT2D eigenvalue weighted by Crippen LogP contribution is -2.48. The van der Waals surface area contributed by atoms with Crippen LogP contribution >= 0.6 is 0 Å². The Morgan fingerprint density at radius 3 is 2.59 bits per heavy atom. The van der Waals surface area contributed by atoms with Crippen LogP contribution in [0.25, 0.3) is 11.0 Å². The van der Waals surface area contributed by atoms with E-state index in [-0.39, 0.29) is 11.7 Å². The number of rotatable bonds is 4. The van der Waals surface area contributed by atoms with Crippen LogP contribution in [0.4, 0.5) is 0 Å². The molecule has 1 fully saturated rings. The number of benzene rings is 2. The van der Waals surface area contributed by atoms with Crippen molar-refractivity contribution in [1.29, 1.82) is 0 Å². The van der Waals surface area contributed by atoms with Gasteiger partial charge in [-0.1, -0.05) is 18.2 Å². The van der Waals surface area contributed by atoms with Crippen molar-refractivity contribution in [3.8, 4) is 5.75 Å². The Kier molecular flexibility index (Phi) is 5.05. The van der Waals surface area contributed by atoms with Gasteiger partial charge in [0.25, 0.3) is 0 Å². The molecule has 0 N–H and O–H groups in total. The molecule has 1 aromatic heterocycles. The molecule has 1 aliphatic carbocycles. The van der Waals surface area contributed by atoms with Crippen LogP contribution in [-0.4, -0.2) is 60.8 Å². The van der Waals surface area contributed by atoms with E-state index >= 15 is 0 Å². The Labute approximate surface area is 187 Å². The quantitative estimate of drug-likeness (QED) is 0.627. The highest BCUT2D eigenvalue weighted by Gasteiger charge is 2.41. The van der Waals surface area contributed by atoms with Gasteiger partial charge in [-0.05, 0) is 43.7 Å². The van der Waals surface area contributed by atoms with Gasteiger partial charge in [0.2, 0.25) is 5.91 Å². The van der Waals surface area contributed by atoms with E-state index in [0.717, 1.165) is 60.8 Å². The standard InChI is InChI=1S/C26H28N2O4/c1-17(29)28-12-10-27(11-13-28)14-15-31-18-8-9-19-21(16-18)26(2,3)25-23(24(19)30)20-6-4-5-7-22(20)32-25/h4-9,16H,10-15H2,1-3H3. The summed E-state index contributed by atoms with van der Waals surface area (Å²) in [4.78, 5) is 29.0. The van der Waals surface area contributed by atoms with E-state index < -0.39 is 5.41 Å². The van der Waals surface area contributed by atoms with Crippen LogP contribution in [0, 0.1) is 0 Å². The van der Waals surface area contributed by atoms with Gasteiger partial charge in [0.1, 0.15) is 23.7 Å². The number of amides is 1. The first-order valence-electron chi connectivity index (χ1n) is 11.2. The minimum atomic E-state index is -0.444. The molecular weight excluding hydrogens is 404 g/mol. The molecule has 0 spiro atoms. The highest BCUT2D eigenvalue weighted by atomic mass is 16.5. The van der Waals surface area contributed by atoms with Gasteiger partial charge in [-0.2, -0.15) is 0 Å². The number of carbonyl (C=O) groups is 2. The van der Waals surface area contributed by atoms with Gasteiger partial charge in [-0.25, -0.2) is 0 Å². The Morgan fingerprint density at radius 1 is 1.09 bits per heavy atom. The minimum absolute atomic E-state index is 0.00849. The van der Waals surface area contributed by atoms with Crippen molar-refractivity contribution in [2.24, 2.45) is 0 Å². The maximum atomic E-state index is 13.3. The van der Waals surface area contributed by atoms with Gasteiger partial charge in [0, 0.05) is 56.0 Å². The molecule has 6 nitrogen and oxygen atoms in total. The summed E-state index contributed by atoms with van der Waals surface area (Å²) in [5.74, 6) is 1.62. The lowest BCUT2D eigenvalue weighted by atomic mass is 9.72. The van der Waals surface area contributed by atoms with Crippen LogP contribution < -0.4 is 4.74 Å². The Morgan fingerprint density at radius 2 is 1.84 bits per heavy atom. The highest BCUT2D eigenvalue weighted by molar-refractivity contribution is 6.19. The smallest absolute Gasteiger partial charge is 0.219 e. The molecule has 2 aromatic carbocycles. The first kappa shape index (κ1) is 20.8. The number of hydrogen-bond acceptors (Lipinski definition) is 5. The average Bonchev–Trinajstić information content (AvgIpc) is 3.19. The summed E-state index contributed by atoms with van der Waals surface area (Å²) in [6.07, 6.45) is 0. The Bertz CT molecular complexity index is 1200. The number of fused-ring (bicyclic) bond motifs is 4. The molecular formula is C26H28N2O4. The molecule has 32 heavy (non-hydrogen) atoms. The van der Waals surface area contributed by atoms with Gasteiger partial charge in [-0.15, -0.1) is 0 Å². The number of furan rings is 1. The maximum Gasteiger partial charge on any atom is 0.219 e. The molecule has 0 saturated carbocycles. The zero-order valence-corrected chi connectivity index (χ0v) is 18.8. The van der Waals surface area contributed by atoms with E-state index in [1.54, 1.807) is 6.92 Å². The number of nitrogens with zero attached hydrogens (tertiary/aromatic N) is 2. The fourth-order valence-corrected chi connectivity index (χ4v) is 4.88. The molecule has 1 saturated heterocycles. The topological polar surface area (TPSA) is 63.0 Å². The van der Waals surface area contributed by atoms with E-state index in [2.05, 4.69) is 18.7 Å². The summed E-state index contributed by atoms with van der Waals surface area (Å²) in [6, 6.07) is 13.5. The van der Waals surface area contributed by atoms with E-state index in [4.69, 9.17) is 9.15 Å². The summed E-state index contributed by atoms with van der Waals surface area (Å²) in [5.41, 5.74) is 2.62. The molecule has 1 aliphatic heterocycles. The van der Waals surface area contributed by atoms with Crippen molar-refractivity contribution in [1.82, 2.24) is 9.80 Å². The fraction of sp³-hybridized carbons (Fsp3) is 0.385. The van der Waals surface area contributed by atoms with E-state index in [9.17, 15) is 9.59 Å². The van der Waals surface area contributed by atoms with Crippen LogP contribution in [0.5, 0.6) is 5.75 Å². The Balaban J connectivity index is 1.33. The zero-order chi connectivity index (χ0) is 22.5. The number of piperazine rings is 1. The van der Waals surface area contributed by atoms with Crippen LogP contribution in [0.2, 0.25) is 0 Å². The van der Waals surface area contributed by atoms with Crippen molar-refractivity contribution in [2.45, 2.75) is 26.2 Å². The number of ether oxygens (including phenoxy) is 1. The first-order chi connectivity index (χ1) is 15.4. The molecule has 0 bridgehead atoms. The molecule has 3 aromatic rings. The molecule has 0 unspecified atom stereocenters. The second kappa shape index (κ2) is 7.78. The molecule has 2 heterocycles. The van der Waals surface area contributed by atoms with Crippen LogP contribution in [0.1, 0.15) is 48.0 Å². The lowest BCUT2D eigenvalue weighted by Gasteiger charge is -2.34. The molecule has 5 rings (SSSR count). The van der Waals surface area contributed by atoms with Gasteiger partial charge < -0.3 is 14.1 Å². The molecule has 6 heteroatoms. The second-order valence-electron chi connectivity index (χ2n) is 9.16. The van der Waals surface area contributed by atoms with Gasteiger partial charge >= 0.3 is 0 Å². The third kappa shape index (κ3) is 3.39. The SMILES string of the molecule is CC(=O)N1CCN(CCOc2ccc3c(c2)C(C)(C)c2oc4ccccc4c2C3=O)CC1. The first-order valence-corrected chi connectivity index (χ1v) is 11.2. The van der Waals surface area contributed by atoms with Gasteiger partial charge in [0.05, 0.1) is 5.56 Å². The second-order valence-corrected chi connectivity index (χ2v) is 9.16. The number of ketones is 1. The maximum absolute atomic E-state index is 13.3. The average molecular weight is 433 g/mol. The van der Waals surface area contributed by atoms with Gasteiger partial charge in [0.15, 0.2) is 5.78 Å². The van der Waals surface area contributed by atoms with E-state index in [1.165, 1.54) is 0 Å². The van der Waals surface area contributed by atoms with Gasteiger partial charge in [-0.3, -0.25) is 14.5 Å². The summed E-state index contributed by atoms with van der Waals surface area (Å²) in [7, 11) is 0. The number of carbonyl (C=O) groups excluding carboxylic acids is 2. The largest absolute Gasteiger partial charge is 0.492 e. The lowest BCUT2D eigenvalue weighted by molar-refractivity contribution is -0.130. The molecule has 166 valence electrons. The predicted molar refractivity (Wildman–Crippen MR) is 122 cm³/mol. The summed E-state index contributed by atoms with van der Waals surface area (Å²) >= 11 is 0. The van der Waals surface area contributed by atoms with Crippen molar-refractivity contribution >= 4 is 22.7 Å². The molecule has 0 atom stereocenters. The summed E-state index contributed by atoms with van der Waals surface area (Å²) in [6.45, 7) is 10.4. The highest BCUT2D eigenvalue weighted by Crippen LogP contribution is 2.46. The monoisotopic (exact) mass is 432 g/mol. The number of hydrogen-bond donors (Lipinski definition) is 0. The normalized spacial score (nSPS) is 17.8. The van der Waals surface area contributed by atoms with Crippen molar-refractivity contribution < 1.29 is 18.7 Å². The molecule has 2 aliphatic rings. The minimum Gasteiger partial charge on any atom is -0.492 e. The van der Waals surface area contributed by atoms with Crippen LogP contribution in [0.3, 0.4) is 0 Å². The summed E-state index contributed by atoms with van der Waals surface area (Å²) < 4.78 is 12.2. The third-order valence-corrected chi connectivity index (χ3v) is 6.79. The van der Waals surface area contributed by atoms with Crippen molar-refractivity contribution in [3.05, 3.63) is 64.9 Å². The molecule has 0 radical (unpaired) electrons. The van der Waals surface area contributed by atoms with E-state index in [1.807, 2.05) is 47.4 Å². The Hall–Kier alpha value is -3.12.